The van der Waals surface area contributed by atoms with Crippen LogP contribution in [0.25, 0.3) is 0 Å². The summed E-state index contributed by atoms with van der Waals surface area (Å²) in [4.78, 5) is 14.7. The summed E-state index contributed by atoms with van der Waals surface area (Å²) in [5.74, 6) is -2.37. The van der Waals surface area contributed by atoms with Crippen molar-refractivity contribution in [3.05, 3.63) is 29.8 Å². The summed E-state index contributed by atoms with van der Waals surface area (Å²) < 4.78 is 31.9. The number of likely N-dealkylation sites (tertiary alicyclic amines) is 1. The van der Waals surface area contributed by atoms with Gasteiger partial charge in [-0.1, -0.05) is 18.6 Å². The van der Waals surface area contributed by atoms with E-state index in [-0.39, 0.29) is 36.8 Å². The highest BCUT2D eigenvalue weighted by Gasteiger charge is 2.42. The van der Waals surface area contributed by atoms with Gasteiger partial charge in [-0.15, -0.1) is 24.8 Å². The first kappa shape index (κ1) is 24.9. The predicted octanol–water partition coefficient (Wildman–Crippen LogP) is 3.18. The summed E-state index contributed by atoms with van der Waals surface area (Å²) >= 11 is 0. The van der Waals surface area contributed by atoms with E-state index < -0.39 is 24.9 Å². The minimum atomic E-state index is -2.80. The summed E-state index contributed by atoms with van der Waals surface area (Å²) in [6.07, 6.45) is 3.06. The van der Waals surface area contributed by atoms with Gasteiger partial charge in [0.25, 0.3) is 5.92 Å². The van der Waals surface area contributed by atoms with Gasteiger partial charge in [0.2, 0.25) is 5.91 Å². The van der Waals surface area contributed by atoms with Crippen LogP contribution in [-0.4, -0.2) is 56.1 Å². The van der Waals surface area contributed by atoms with Crippen molar-refractivity contribution in [3.8, 4) is 5.75 Å². The number of carbonyl (C=O) groups excluding carboxylic acids is 1. The Morgan fingerprint density at radius 3 is 2.43 bits per heavy atom. The van der Waals surface area contributed by atoms with E-state index in [0.29, 0.717) is 6.54 Å². The molecule has 2 heterocycles. The zero-order valence-electron chi connectivity index (χ0n) is 16.0. The second-order valence-electron chi connectivity index (χ2n) is 7.12. The number of hydrogen-bond donors (Lipinski definition) is 2. The van der Waals surface area contributed by atoms with Crippen LogP contribution >= 0.6 is 24.8 Å². The van der Waals surface area contributed by atoms with Crippen molar-refractivity contribution < 1.29 is 18.3 Å². The van der Waals surface area contributed by atoms with E-state index in [9.17, 15) is 13.6 Å². The van der Waals surface area contributed by atoms with Crippen LogP contribution in [0.4, 0.5) is 8.78 Å². The van der Waals surface area contributed by atoms with Gasteiger partial charge in [-0.25, -0.2) is 8.78 Å². The van der Waals surface area contributed by atoms with Gasteiger partial charge in [-0.2, -0.15) is 0 Å². The van der Waals surface area contributed by atoms with Gasteiger partial charge in [0.05, 0.1) is 25.7 Å². The number of ether oxygens (including phenoxy) is 1. The van der Waals surface area contributed by atoms with E-state index in [1.807, 2.05) is 24.3 Å². The lowest BCUT2D eigenvalue weighted by Gasteiger charge is -2.35. The van der Waals surface area contributed by atoms with Crippen molar-refractivity contribution in [2.45, 2.75) is 43.7 Å². The quantitative estimate of drug-likeness (QED) is 0.714. The van der Waals surface area contributed by atoms with Crippen LogP contribution in [0.1, 0.15) is 37.3 Å². The molecule has 0 aromatic heterocycles. The molecule has 2 saturated heterocycles. The number of piperidine rings is 1. The number of carbonyl (C=O) groups is 1. The van der Waals surface area contributed by atoms with E-state index in [1.54, 1.807) is 7.11 Å². The van der Waals surface area contributed by atoms with Crippen molar-refractivity contribution in [2.24, 2.45) is 0 Å². The summed E-state index contributed by atoms with van der Waals surface area (Å²) in [5.41, 5.74) is 1.10. The lowest BCUT2D eigenvalue weighted by atomic mass is 10.0. The second-order valence-corrected chi connectivity index (χ2v) is 7.12. The fraction of sp³-hybridized carbons (Fsp3) is 0.632. The molecular weight excluding hydrogens is 411 g/mol. The van der Waals surface area contributed by atoms with Gasteiger partial charge >= 0.3 is 0 Å². The molecule has 1 aromatic carbocycles. The van der Waals surface area contributed by atoms with E-state index in [4.69, 9.17) is 4.74 Å². The molecule has 0 bridgehead atoms. The fourth-order valence-corrected chi connectivity index (χ4v) is 3.74. The molecule has 2 aliphatic rings. The van der Waals surface area contributed by atoms with Crippen molar-refractivity contribution in [3.63, 3.8) is 0 Å². The maximum Gasteiger partial charge on any atom is 0.262 e. The molecule has 1 aromatic rings. The largest absolute Gasteiger partial charge is 0.497 e. The molecule has 2 fully saturated rings. The predicted molar refractivity (Wildman–Crippen MR) is 110 cm³/mol. The minimum absolute atomic E-state index is 0. The number of benzene rings is 1. The van der Waals surface area contributed by atoms with Gasteiger partial charge in [0.15, 0.2) is 0 Å². The summed E-state index contributed by atoms with van der Waals surface area (Å²) in [7, 11) is 1.63. The molecular formula is C19H29Cl2F2N3O2. The maximum atomic E-state index is 13.3. The Balaban J connectivity index is 0.00000196. The van der Waals surface area contributed by atoms with Gasteiger partial charge in [0, 0.05) is 13.0 Å². The Bertz CT molecular complexity index is 614. The molecule has 3 rings (SSSR count). The first-order valence-corrected chi connectivity index (χ1v) is 9.25. The van der Waals surface area contributed by atoms with Gasteiger partial charge in [0.1, 0.15) is 5.75 Å². The van der Waals surface area contributed by atoms with Gasteiger partial charge in [-0.3, -0.25) is 15.0 Å². The first-order chi connectivity index (χ1) is 12.5. The van der Waals surface area contributed by atoms with E-state index in [1.165, 1.54) is 6.42 Å². The zero-order chi connectivity index (χ0) is 18.6. The number of halogens is 4. The molecule has 28 heavy (non-hydrogen) atoms. The van der Waals surface area contributed by atoms with Gasteiger partial charge < -0.3 is 10.1 Å². The molecule has 0 spiro atoms. The third-order valence-electron chi connectivity index (χ3n) is 5.23. The van der Waals surface area contributed by atoms with Crippen LogP contribution in [0.15, 0.2) is 24.3 Å². The number of alkyl halides is 2. The number of nitrogens with one attached hydrogen (secondary N) is 2. The van der Waals surface area contributed by atoms with Crippen LogP contribution in [0.2, 0.25) is 0 Å². The van der Waals surface area contributed by atoms with Crippen molar-refractivity contribution in [1.29, 1.82) is 0 Å². The van der Waals surface area contributed by atoms with E-state index >= 15 is 0 Å². The van der Waals surface area contributed by atoms with Crippen LogP contribution in [0.5, 0.6) is 5.75 Å². The monoisotopic (exact) mass is 439 g/mol. The molecule has 1 amide bonds. The second kappa shape index (κ2) is 11.1. The smallest absolute Gasteiger partial charge is 0.262 e. The Labute approximate surface area is 177 Å². The number of nitrogens with zero attached hydrogens (tertiary/aromatic N) is 1. The Kier molecular flexibility index (Phi) is 9.90. The van der Waals surface area contributed by atoms with Crippen LogP contribution in [0.3, 0.4) is 0 Å². The lowest BCUT2D eigenvalue weighted by Crippen LogP contribution is -2.45. The highest BCUT2D eigenvalue weighted by atomic mass is 35.5. The molecule has 2 atom stereocenters. The van der Waals surface area contributed by atoms with Crippen LogP contribution < -0.4 is 15.4 Å². The maximum absolute atomic E-state index is 13.3. The third kappa shape index (κ3) is 6.44. The molecule has 0 radical (unpaired) electrons. The molecule has 2 N–H and O–H groups in total. The topological polar surface area (TPSA) is 53.6 Å². The summed E-state index contributed by atoms with van der Waals surface area (Å²) in [6.45, 7) is 1.94. The average molecular weight is 440 g/mol. The number of methoxy groups -OCH3 is 1. The Morgan fingerprint density at radius 2 is 1.89 bits per heavy atom. The molecule has 5 nitrogen and oxygen atoms in total. The SMILES string of the molecule is COc1ccc(C(CNC(=O)C2CC(F)(F)CN2)N2CCCCC2)cc1.Cl.Cl. The highest BCUT2D eigenvalue weighted by molar-refractivity contribution is 5.85. The minimum Gasteiger partial charge on any atom is -0.497 e. The number of amides is 1. The van der Waals surface area contributed by atoms with E-state index in [0.717, 1.165) is 37.2 Å². The van der Waals surface area contributed by atoms with Crippen molar-refractivity contribution in [1.82, 2.24) is 15.5 Å². The molecule has 2 aliphatic heterocycles. The van der Waals surface area contributed by atoms with Crippen molar-refractivity contribution in [2.75, 3.05) is 33.3 Å². The normalized spacial score (nSPS) is 22.5. The summed E-state index contributed by atoms with van der Waals surface area (Å²) in [6, 6.07) is 7.05. The lowest BCUT2D eigenvalue weighted by molar-refractivity contribution is -0.123. The van der Waals surface area contributed by atoms with Crippen LogP contribution in [-0.2, 0) is 4.79 Å². The molecule has 2 unspecified atom stereocenters. The molecule has 160 valence electrons. The number of hydrogen-bond acceptors (Lipinski definition) is 4. The number of rotatable bonds is 6. The van der Waals surface area contributed by atoms with Crippen molar-refractivity contribution >= 4 is 30.7 Å². The van der Waals surface area contributed by atoms with E-state index in [2.05, 4.69) is 15.5 Å². The molecule has 9 heteroatoms. The van der Waals surface area contributed by atoms with Gasteiger partial charge in [-0.05, 0) is 43.6 Å². The Morgan fingerprint density at radius 1 is 1.25 bits per heavy atom. The fourth-order valence-electron chi connectivity index (χ4n) is 3.74. The molecule has 0 aliphatic carbocycles. The highest BCUT2D eigenvalue weighted by Crippen LogP contribution is 2.27. The van der Waals surface area contributed by atoms with Crippen LogP contribution in [0, 0.1) is 0 Å². The summed E-state index contributed by atoms with van der Waals surface area (Å²) in [5, 5.41) is 5.49. The standard InChI is InChI=1S/C19H27F2N3O2.2ClH/c1-26-15-7-5-14(6-8-15)17(24-9-3-2-4-10-24)12-22-18(25)16-11-19(20,21)13-23-16;;/h5-8,16-17,23H,2-4,9-13H2,1H3,(H,22,25);2*1H. The zero-order valence-corrected chi connectivity index (χ0v) is 17.6. The Hall–Kier alpha value is -1.15. The third-order valence-corrected chi connectivity index (χ3v) is 5.23. The first-order valence-electron chi connectivity index (χ1n) is 9.25. The molecule has 0 saturated carbocycles. The average Bonchev–Trinajstić information content (AvgIpc) is 3.03.